The summed E-state index contributed by atoms with van der Waals surface area (Å²) >= 11 is 1.69. The molecule has 68 valence electrons. The Morgan fingerprint density at radius 2 is 2.08 bits per heavy atom. The van der Waals surface area contributed by atoms with Gasteiger partial charge in [-0.05, 0) is 24.3 Å². The summed E-state index contributed by atoms with van der Waals surface area (Å²) in [6.45, 7) is 0. The zero-order chi connectivity index (χ0) is 9.52. The van der Waals surface area contributed by atoms with Crippen molar-refractivity contribution in [3.63, 3.8) is 0 Å². The monoisotopic (exact) mass is 193 g/mol. The van der Waals surface area contributed by atoms with Crippen LogP contribution in [0.5, 0.6) is 5.75 Å². The van der Waals surface area contributed by atoms with Gasteiger partial charge in [0.25, 0.3) is 0 Å². The van der Waals surface area contributed by atoms with E-state index >= 15 is 0 Å². The first-order valence-electron chi connectivity index (χ1n) is 4.00. The van der Waals surface area contributed by atoms with E-state index in [1.807, 2.05) is 24.3 Å². The van der Waals surface area contributed by atoms with E-state index in [9.17, 15) is 0 Å². The van der Waals surface area contributed by atoms with Crippen LogP contribution in [-0.4, -0.2) is 12.9 Å². The third-order valence-electron chi connectivity index (χ3n) is 1.54. The zero-order valence-electron chi connectivity index (χ0n) is 7.49. The number of thioether (sulfide) groups is 1. The van der Waals surface area contributed by atoms with Crippen LogP contribution in [0.3, 0.4) is 0 Å². The highest BCUT2D eigenvalue weighted by molar-refractivity contribution is 7.99. The molecule has 0 N–H and O–H groups in total. The summed E-state index contributed by atoms with van der Waals surface area (Å²) in [4.78, 5) is 1.18. The van der Waals surface area contributed by atoms with Gasteiger partial charge >= 0.3 is 0 Å². The molecule has 0 aliphatic heterocycles. The molecule has 3 heteroatoms. The van der Waals surface area contributed by atoms with Crippen molar-refractivity contribution in [3.8, 4) is 11.8 Å². The summed E-state index contributed by atoms with van der Waals surface area (Å²) in [5, 5.41) is 8.34. The van der Waals surface area contributed by atoms with Gasteiger partial charge in [-0.3, -0.25) is 0 Å². The van der Waals surface area contributed by atoms with Crippen molar-refractivity contribution in [3.05, 3.63) is 24.3 Å². The molecule has 0 radical (unpaired) electrons. The highest BCUT2D eigenvalue weighted by Gasteiger charge is 1.94. The van der Waals surface area contributed by atoms with Gasteiger partial charge in [0.15, 0.2) is 0 Å². The molecule has 0 amide bonds. The second kappa shape index (κ2) is 5.50. The molecule has 1 aromatic carbocycles. The number of methoxy groups -OCH3 is 1. The molecular weight excluding hydrogens is 182 g/mol. The van der Waals surface area contributed by atoms with E-state index < -0.39 is 0 Å². The van der Waals surface area contributed by atoms with Crippen molar-refractivity contribution in [2.75, 3.05) is 12.9 Å². The molecule has 0 aliphatic rings. The predicted molar refractivity (Wildman–Crippen MR) is 53.9 cm³/mol. The van der Waals surface area contributed by atoms with Crippen LogP contribution in [0, 0.1) is 11.3 Å². The lowest BCUT2D eigenvalue weighted by Gasteiger charge is -2.01. The summed E-state index contributed by atoms with van der Waals surface area (Å²) in [5.41, 5.74) is 0. The van der Waals surface area contributed by atoms with Gasteiger partial charge in [-0.1, -0.05) is 0 Å². The Hall–Kier alpha value is -1.14. The van der Waals surface area contributed by atoms with Crippen molar-refractivity contribution in [1.82, 2.24) is 0 Å². The second-order valence-corrected chi connectivity index (χ2v) is 3.60. The third kappa shape index (κ3) is 3.39. The topological polar surface area (TPSA) is 33.0 Å². The molecule has 0 spiro atoms. The summed E-state index contributed by atoms with van der Waals surface area (Å²) in [5.74, 6) is 1.72. The minimum atomic E-state index is 0.594. The SMILES string of the molecule is COc1ccc(SCCC#N)cc1. The van der Waals surface area contributed by atoms with Crippen molar-refractivity contribution >= 4 is 11.8 Å². The fourth-order valence-corrected chi connectivity index (χ4v) is 1.64. The summed E-state index contributed by atoms with van der Waals surface area (Å²) in [6.07, 6.45) is 0.594. The van der Waals surface area contributed by atoms with Crippen LogP contribution in [0.25, 0.3) is 0 Å². The zero-order valence-corrected chi connectivity index (χ0v) is 8.30. The number of benzene rings is 1. The van der Waals surface area contributed by atoms with Crippen molar-refractivity contribution < 1.29 is 4.74 Å². The fourth-order valence-electron chi connectivity index (χ4n) is 0.886. The lowest BCUT2D eigenvalue weighted by Crippen LogP contribution is -1.82. The number of rotatable bonds is 4. The van der Waals surface area contributed by atoms with E-state index in [0.29, 0.717) is 6.42 Å². The van der Waals surface area contributed by atoms with E-state index in [2.05, 4.69) is 6.07 Å². The van der Waals surface area contributed by atoms with Crippen LogP contribution in [0.2, 0.25) is 0 Å². The Morgan fingerprint density at radius 3 is 2.62 bits per heavy atom. The average Bonchev–Trinajstić information content (AvgIpc) is 2.19. The molecule has 0 atom stereocenters. The molecule has 2 nitrogen and oxygen atoms in total. The molecular formula is C10H11NOS. The second-order valence-electron chi connectivity index (χ2n) is 2.43. The Labute approximate surface area is 82.5 Å². The Morgan fingerprint density at radius 1 is 1.38 bits per heavy atom. The highest BCUT2D eigenvalue weighted by Crippen LogP contribution is 2.21. The first-order valence-corrected chi connectivity index (χ1v) is 4.99. The van der Waals surface area contributed by atoms with Gasteiger partial charge in [0, 0.05) is 17.1 Å². The number of ether oxygens (including phenoxy) is 1. The maximum absolute atomic E-state index is 8.34. The minimum absolute atomic E-state index is 0.594. The Kier molecular flexibility index (Phi) is 4.20. The lowest BCUT2D eigenvalue weighted by atomic mass is 10.3. The van der Waals surface area contributed by atoms with E-state index in [1.54, 1.807) is 18.9 Å². The van der Waals surface area contributed by atoms with Crippen LogP contribution in [0.1, 0.15) is 6.42 Å². The van der Waals surface area contributed by atoms with Crippen molar-refractivity contribution in [2.24, 2.45) is 0 Å². The Balaban J connectivity index is 2.45. The molecule has 0 aliphatic carbocycles. The van der Waals surface area contributed by atoms with Gasteiger partial charge in [0.05, 0.1) is 13.2 Å². The normalized spacial score (nSPS) is 9.23. The molecule has 0 heterocycles. The quantitative estimate of drug-likeness (QED) is 0.544. The van der Waals surface area contributed by atoms with Crippen LogP contribution in [-0.2, 0) is 0 Å². The molecule has 1 aromatic rings. The van der Waals surface area contributed by atoms with Crippen molar-refractivity contribution in [2.45, 2.75) is 11.3 Å². The van der Waals surface area contributed by atoms with Crippen LogP contribution in [0.15, 0.2) is 29.2 Å². The molecule has 13 heavy (non-hydrogen) atoms. The van der Waals surface area contributed by atoms with Gasteiger partial charge in [0.2, 0.25) is 0 Å². The maximum Gasteiger partial charge on any atom is 0.118 e. The number of hydrogen-bond acceptors (Lipinski definition) is 3. The minimum Gasteiger partial charge on any atom is -0.497 e. The van der Waals surface area contributed by atoms with Crippen molar-refractivity contribution in [1.29, 1.82) is 5.26 Å². The largest absolute Gasteiger partial charge is 0.497 e. The van der Waals surface area contributed by atoms with Gasteiger partial charge < -0.3 is 4.74 Å². The average molecular weight is 193 g/mol. The first kappa shape index (κ1) is 9.94. The molecule has 0 aromatic heterocycles. The number of nitrogens with zero attached hydrogens (tertiary/aromatic N) is 1. The lowest BCUT2D eigenvalue weighted by molar-refractivity contribution is 0.414. The van der Waals surface area contributed by atoms with E-state index in [0.717, 1.165) is 11.5 Å². The maximum atomic E-state index is 8.34. The highest BCUT2D eigenvalue weighted by atomic mass is 32.2. The molecule has 1 rings (SSSR count). The number of nitriles is 1. The van der Waals surface area contributed by atoms with E-state index in [4.69, 9.17) is 10.00 Å². The predicted octanol–water partition coefficient (Wildman–Crippen LogP) is 2.70. The molecule has 0 saturated carbocycles. The van der Waals surface area contributed by atoms with Crippen LogP contribution >= 0.6 is 11.8 Å². The van der Waals surface area contributed by atoms with Gasteiger partial charge in [-0.15, -0.1) is 11.8 Å². The van der Waals surface area contributed by atoms with Gasteiger partial charge in [0.1, 0.15) is 5.75 Å². The van der Waals surface area contributed by atoms with Gasteiger partial charge in [-0.25, -0.2) is 0 Å². The third-order valence-corrected chi connectivity index (χ3v) is 2.56. The Bertz CT molecular complexity index is 289. The summed E-state index contributed by atoms with van der Waals surface area (Å²) < 4.78 is 5.03. The fraction of sp³-hybridized carbons (Fsp3) is 0.300. The molecule has 0 saturated heterocycles. The smallest absolute Gasteiger partial charge is 0.118 e. The molecule has 0 fully saturated rings. The first-order chi connectivity index (χ1) is 6.36. The van der Waals surface area contributed by atoms with E-state index in [-0.39, 0.29) is 0 Å². The molecule has 0 bridgehead atoms. The van der Waals surface area contributed by atoms with Gasteiger partial charge in [-0.2, -0.15) is 5.26 Å². The van der Waals surface area contributed by atoms with Crippen LogP contribution in [0.4, 0.5) is 0 Å². The standard InChI is InChI=1S/C10H11NOS/c1-12-9-3-5-10(6-4-9)13-8-2-7-11/h3-6H,2,8H2,1H3. The number of hydrogen-bond donors (Lipinski definition) is 0. The summed E-state index contributed by atoms with van der Waals surface area (Å²) in [7, 11) is 1.65. The molecule has 0 unspecified atom stereocenters. The van der Waals surface area contributed by atoms with Crippen LogP contribution < -0.4 is 4.74 Å². The van der Waals surface area contributed by atoms with E-state index in [1.165, 1.54) is 4.90 Å². The summed E-state index contributed by atoms with van der Waals surface area (Å²) in [6, 6.07) is 9.97.